The molecule has 0 fully saturated rings. The van der Waals surface area contributed by atoms with Gasteiger partial charge < -0.3 is 0 Å². The summed E-state index contributed by atoms with van der Waals surface area (Å²) in [5.74, 6) is 0. The lowest BCUT2D eigenvalue weighted by Gasteiger charge is -2.08. The van der Waals surface area contributed by atoms with Crippen molar-refractivity contribution >= 4 is 0 Å². The molecule has 0 aliphatic heterocycles. The number of hydrogen-bond donors (Lipinski definition) is 0. The van der Waals surface area contributed by atoms with Crippen molar-refractivity contribution in [2.75, 3.05) is 0 Å². The molecule has 1 aromatic heterocycles. The fraction of sp³-hybridized carbons (Fsp3) is 0.625. The Labute approximate surface area is 74.4 Å². The molecule has 0 unspecified atom stereocenters. The summed E-state index contributed by atoms with van der Waals surface area (Å²) >= 11 is 0. The van der Waals surface area contributed by atoms with Crippen LogP contribution in [0.5, 0.6) is 0 Å². The lowest BCUT2D eigenvalue weighted by molar-refractivity contribution is -0.137. The molecule has 0 radical (unpaired) electrons. The van der Waals surface area contributed by atoms with Crippen LogP contribution >= 0.6 is 0 Å². The van der Waals surface area contributed by atoms with Gasteiger partial charge in [-0.2, -0.15) is 18.3 Å². The molecule has 0 spiro atoms. The average Bonchev–Trinajstić information content (AvgIpc) is 2.46. The molecule has 13 heavy (non-hydrogen) atoms. The van der Waals surface area contributed by atoms with Gasteiger partial charge >= 0.3 is 6.18 Å². The maximum atomic E-state index is 11.8. The highest BCUT2D eigenvalue weighted by Crippen LogP contribution is 2.20. The van der Waals surface area contributed by atoms with E-state index in [0.717, 1.165) is 5.69 Å². The molecule has 0 saturated carbocycles. The summed E-state index contributed by atoms with van der Waals surface area (Å²) < 4.78 is 36.9. The van der Waals surface area contributed by atoms with Crippen molar-refractivity contribution < 1.29 is 13.2 Å². The van der Waals surface area contributed by atoms with Crippen molar-refractivity contribution in [3.8, 4) is 0 Å². The first-order valence-electron chi connectivity index (χ1n) is 4.10. The molecular formula is C8H11F3N2. The van der Waals surface area contributed by atoms with Gasteiger partial charge in [0.2, 0.25) is 0 Å². The van der Waals surface area contributed by atoms with Crippen LogP contribution in [0.25, 0.3) is 0 Å². The zero-order valence-electron chi connectivity index (χ0n) is 7.30. The number of aromatic nitrogens is 2. The van der Waals surface area contributed by atoms with Gasteiger partial charge in [0.15, 0.2) is 0 Å². The van der Waals surface area contributed by atoms with Gasteiger partial charge in [0, 0.05) is 18.4 Å². The summed E-state index contributed by atoms with van der Waals surface area (Å²) in [6.45, 7) is 1.81. The van der Waals surface area contributed by atoms with Crippen LogP contribution in [0.1, 0.15) is 19.0 Å². The molecule has 0 bridgehead atoms. The Morgan fingerprint density at radius 1 is 1.46 bits per heavy atom. The first-order chi connectivity index (χ1) is 6.03. The van der Waals surface area contributed by atoms with Crippen molar-refractivity contribution in [1.29, 1.82) is 0 Å². The van der Waals surface area contributed by atoms with Gasteiger partial charge in [-0.05, 0) is 12.5 Å². The molecule has 1 rings (SSSR count). The maximum absolute atomic E-state index is 11.8. The van der Waals surface area contributed by atoms with Crippen molar-refractivity contribution in [3.05, 3.63) is 18.0 Å². The molecule has 2 nitrogen and oxygen atoms in total. The van der Waals surface area contributed by atoms with Gasteiger partial charge in [-0.1, -0.05) is 6.92 Å². The molecule has 0 atom stereocenters. The molecule has 0 aliphatic rings. The summed E-state index contributed by atoms with van der Waals surface area (Å²) in [7, 11) is 0. The SMILES string of the molecule is CCc1ccnn1CCC(F)(F)F. The van der Waals surface area contributed by atoms with Gasteiger partial charge in [-0.25, -0.2) is 0 Å². The number of halogens is 3. The van der Waals surface area contributed by atoms with E-state index < -0.39 is 12.6 Å². The Bertz CT molecular complexity index is 265. The lowest BCUT2D eigenvalue weighted by atomic mass is 10.3. The number of rotatable bonds is 3. The summed E-state index contributed by atoms with van der Waals surface area (Å²) in [4.78, 5) is 0. The van der Waals surface area contributed by atoms with Crippen molar-refractivity contribution in [2.24, 2.45) is 0 Å². The zero-order valence-corrected chi connectivity index (χ0v) is 7.30. The minimum Gasteiger partial charge on any atom is -0.269 e. The van der Waals surface area contributed by atoms with E-state index in [-0.39, 0.29) is 6.54 Å². The zero-order chi connectivity index (χ0) is 9.90. The average molecular weight is 192 g/mol. The van der Waals surface area contributed by atoms with E-state index in [0.29, 0.717) is 6.42 Å². The molecule has 0 amide bonds. The van der Waals surface area contributed by atoms with Gasteiger partial charge in [0.1, 0.15) is 0 Å². The Balaban J connectivity index is 2.54. The lowest BCUT2D eigenvalue weighted by Crippen LogP contribution is -2.14. The first kappa shape index (κ1) is 10.1. The minimum atomic E-state index is -4.10. The Morgan fingerprint density at radius 3 is 2.69 bits per heavy atom. The Hall–Kier alpha value is -1.00. The van der Waals surface area contributed by atoms with Gasteiger partial charge in [0.25, 0.3) is 0 Å². The fourth-order valence-corrected chi connectivity index (χ4v) is 1.09. The minimum absolute atomic E-state index is 0.0837. The van der Waals surface area contributed by atoms with Crippen LogP contribution in [0, 0.1) is 0 Å². The van der Waals surface area contributed by atoms with Crippen LogP contribution in [-0.2, 0) is 13.0 Å². The van der Waals surface area contributed by atoms with E-state index in [1.54, 1.807) is 6.07 Å². The highest BCUT2D eigenvalue weighted by atomic mass is 19.4. The third-order valence-corrected chi connectivity index (χ3v) is 1.77. The number of alkyl halides is 3. The highest BCUT2D eigenvalue weighted by molar-refractivity contribution is 4.99. The van der Waals surface area contributed by atoms with E-state index in [1.807, 2.05) is 6.92 Å². The molecule has 0 saturated heterocycles. The van der Waals surface area contributed by atoms with Crippen molar-refractivity contribution in [1.82, 2.24) is 9.78 Å². The number of aryl methyl sites for hydroxylation is 2. The third kappa shape index (κ3) is 3.08. The summed E-state index contributed by atoms with van der Waals surface area (Å²) in [5.41, 5.74) is 0.837. The van der Waals surface area contributed by atoms with Gasteiger partial charge in [-0.3, -0.25) is 4.68 Å². The predicted molar refractivity (Wildman–Crippen MR) is 42.3 cm³/mol. The molecular weight excluding hydrogens is 181 g/mol. The van der Waals surface area contributed by atoms with Crippen LogP contribution in [0.2, 0.25) is 0 Å². The second-order valence-corrected chi connectivity index (χ2v) is 2.76. The highest BCUT2D eigenvalue weighted by Gasteiger charge is 2.26. The molecule has 0 aliphatic carbocycles. The van der Waals surface area contributed by atoms with Gasteiger partial charge in [-0.15, -0.1) is 0 Å². The van der Waals surface area contributed by atoms with Crippen molar-refractivity contribution in [2.45, 2.75) is 32.5 Å². The normalized spacial score (nSPS) is 12.0. The molecule has 0 aromatic carbocycles. The van der Waals surface area contributed by atoms with E-state index in [2.05, 4.69) is 5.10 Å². The van der Waals surface area contributed by atoms with Crippen molar-refractivity contribution in [3.63, 3.8) is 0 Å². The molecule has 0 N–H and O–H groups in total. The standard InChI is InChI=1S/C8H11F3N2/c1-2-7-3-5-12-13(7)6-4-8(9,10)11/h3,5H,2,4,6H2,1H3. The largest absolute Gasteiger partial charge is 0.390 e. The monoisotopic (exact) mass is 192 g/mol. The smallest absolute Gasteiger partial charge is 0.269 e. The summed E-state index contributed by atoms with van der Waals surface area (Å²) in [5, 5.41) is 3.81. The van der Waals surface area contributed by atoms with Crippen LogP contribution in [0.3, 0.4) is 0 Å². The number of nitrogens with zero attached hydrogens (tertiary/aromatic N) is 2. The molecule has 1 heterocycles. The van der Waals surface area contributed by atoms with Crippen LogP contribution in [-0.4, -0.2) is 16.0 Å². The van der Waals surface area contributed by atoms with Crippen LogP contribution < -0.4 is 0 Å². The predicted octanol–water partition coefficient (Wildman–Crippen LogP) is 2.40. The first-order valence-corrected chi connectivity index (χ1v) is 4.10. The summed E-state index contributed by atoms with van der Waals surface area (Å²) in [6.07, 6.45) is -2.69. The topological polar surface area (TPSA) is 17.8 Å². The van der Waals surface area contributed by atoms with Crippen LogP contribution in [0.4, 0.5) is 13.2 Å². The van der Waals surface area contributed by atoms with E-state index in [1.165, 1.54) is 10.9 Å². The quantitative estimate of drug-likeness (QED) is 0.719. The maximum Gasteiger partial charge on any atom is 0.390 e. The summed E-state index contributed by atoms with van der Waals surface area (Å²) in [6, 6.07) is 1.73. The molecule has 5 heteroatoms. The fourth-order valence-electron chi connectivity index (χ4n) is 1.09. The van der Waals surface area contributed by atoms with E-state index in [9.17, 15) is 13.2 Å². The molecule has 1 aromatic rings. The Kier molecular flexibility index (Phi) is 2.95. The third-order valence-electron chi connectivity index (χ3n) is 1.77. The second kappa shape index (κ2) is 3.81. The molecule has 74 valence electrons. The van der Waals surface area contributed by atoms with E-state index >= 15 is 0 Å². The van der Waals surface area contributed by atoms with Crippen LogP contribution in [0.15, 0.2) is 12.3 Å². The van der Waals surface area contributed by atoms with Gasteiger partial charge in [0.05, 0.1) is 6.42 Å². The second-order valence-electron chi connectivity index (χ2n) is 2.76. The Morgan fingerprint density at radius 2 is 2.15 bits per heavy atom. The van der Waals surface area contributed by atoms with E-state index in [4.69, 9.17) is 0 Å². The number of hydrogen-bond acceptors (Lipinski definition) is 1.